The number of benzene rings is 1. The summed E-state index contributed by atoms with van der Waals surface area (Å²) < 4.78 is 46.9. The van der Waals surface area contributed by atoms with E-state index in [1.54, 1.807) is 44.8 Å². The van der Waals surface area contributed by atoms with Gasteiger partial charge in [0.05, 0.1) is 60.4 Å². The van der Waals surface area contributed by atoms with E-state index in [9.17, 15) is 34.8 Å². The maximum atomic E-state index is 14.5. The predicted molar refractivity (Wildman–Crippen MR) is 261 cm³/mol. The van der Waals surface area contributed by atoms with Gasteiger partial charge in [0.25, 0.3) is 0 Å². The van der Waals surface area contributed by atoms with E-state index in [0.717, 1.165) is 36.1 Å². The van der Waals surface area contributed by atoms with Crippen LogP contribution in [0.25, 0.3) is 11.3 Å². The number of aliphatic hydroxyl groups excluding tert-OH is 3. The number of cyclic esters (lactones) is 1. The Bertz CT molecular complexity index is 2110. The Morgan fingerprint density at radius 3 is 2.39 bits per heavy atom. The van der Waals surface area contributed by atoms with E-state index in [1.165, 1.54) is 14.0 Å². The van der Waals surface area contributed by atoms with Crippen LogP contribution in [0.15, 0.2) is 30.5 Å². The molecule has 0 saturated carbocycles. The number of ether oxygens (including phenoxy) is 7. The second-order valence-corrected chi connectivity index (χ2v) is 21.8. The van der Waals surface area contributed by atoms with Crippen molar-refractivity contribution in [1.82, 2.24) is 25.4 Å². The summed E-state index contributed by atoms with van der Waals surface area (Å²) in [4.78, 5) is 42.1. The highest BCUT2D eigenvalue weighted by atomic mass is 16.7. The van der Waals surface area contributed by atoms with Crippen LogP contribution in [0.1, 0.15) is 126 Å². The largest absolute Gasteiger partial charge is 0.459 e. The van der Waals surface area contributed by atoms with Gasteiger partial charge in [-0.1, -0.05) is 57.0 Å². The third-order valence-electron chi connectivity index (χ3n) is 16.0. The van der Waals surface area contributed by atoms with Crippen LogP contribution in [0.4, 0.5) is 0 Å². The number of nitrogens with one attached hydrogen (secondary N) is 1. The number of fused-ring (bicyclic) bond motifs is 2. The van der Waals surface area contributed by atoms with E-state index in [0.29, 0.717) is 25.9 Å². The van der Waals surface area contributed by atoms with Crippen LogP contribution in [0.3, 0.4) is 0 Å². The van der Waals surface area contributed by atoms with Gasteiger partial charge in [-0.3, -0.25) is 29.2 Å². The number of aromatic nitrogens is 3. The van der Waals surface area contributed by atoms with Gasteiger partial charge in [0, 0.05) is 62.4 Å². The molecule has 4 saturated heterocycles. The molecule has 0 radical (unpaired) electrons. The first kappa shape index (κ1) is 57.8. The topological polar surface area (TPSA) is 263 Å². The number of hydrogen-bond acceptors (Lipinski definition) is 18. The summed E-state index contributed by atoms with van der Waals surface area (Å²) in [6.45, 7) is 16.5. The van der Waals surface area contributed by atoms with E-state index in [4.69, 9.17) is 38.4 Å². The monoisotopic (exact) mass is 1020 g/mol. The average Bonchev–Trinajstić information content (AvgIpc) is 4.01. The number of hydrogen-bond donors (Lipinski definition) is 6. The fraction of sp³-hybridized carbons (Fsp3) is 0.788. The maximum absolute atomic E-state index is 14.5. The van der Waals surface area contributed by atoms with Crippen LogP contribution in [-0.2, 0) is 60.6 Å². The van der Waals surface area contributed by atoms with Crippen molar-refractivity contribution in [3.05, 3.63) is 36.0 Å². The minimum Gasteiger partial charge on any atom is -0.459 e. The van der Waals surface area contributed by atoms with Gasteiger partial charge in [0.1, 0.15) is 35.4 Å². The van der Waals surface area contributed by atoms with Crippen LogP contribution in [-0.4, -0.2) is 168 Å². The van der Waals surface area contributed by atoms with Gasteiger partial charge < -0.3 is 53.6 Å². The lowest BCUT2D eigenvalue weighted by Crippen LogP contribution is -2.61. The number of esters is 1. The smallest absolute Gasteiger partial charge is 0.311 e. The van der Waals surface area contributed by atoms with Gasteiger partial charge in [-0.2, -0.15) is 0 Å². The first-order chi connectivity index (χ1) is 34.0. The lowest BCUT2D eigenvalue weighted by molar-refractivity contribution is -0.317. The highest BCUT2D eigenvalue weighted by Gasteiger charge is 2.56. The molecule has 20 nitrogen and oxygen atoms in total. The first-order valence-electron chi connectivity index (χ1n) is 25.9. The number of likely N-dealkylation sites (N-methyl/N-ethyl adjacent to an activating group) is 1. The number of ketones is 1. The van der Waals surface area contributed by atoms with Crippen LogP contribution in [0.2, 0.25) is 0 Å². The van der Waals surface area contributed by atoms with E-state index in [-0.39, 0.29) is 50.1 Å². The molecule has 1 aromatic heterocycles. The number of aliphatic hydroxyl groups is 4. The van der Waals surface area contributed by atoms with E-state index >= 15 is 0 Å². The standard InChI is InChI=1S/C52H83N5O15/c1-12-39-52(9,64)45(61)30(3)42(59)36-24-51(8,67-28-36)47(31(4)44(32(5)48(63)70-39)71-41-25-50(7,66-11)46(62)33(6)69-41)72-49-43(60)38(22-29(2)68-49)56(10)26-34-18-17-19-35(23-34)37-27-57(55-53-37)21-16-14-13-15-20-40(58)54-65/h17-19,23,27,29-33,36,38-39,41,43-47,49,60-62,64-65H,12-16,20-22,24-26,28H2,1-11H3,(H,54,58)/t29-,30+,31+,32-,33+,36+,38+,39-,41+,43-,44+,45-,46+,47-,49+,50-,51-,52-/m1/s1. The fourth-order valence-electron chi connectivity index (χ4n) is 11.4. The van der Waals surface area contributed by atoms with Crippen molar-refractivity contribution >= 4 is 17.7 Å². The van der Waals surface area contributed by atoms with Crippen molar-refractivity contribution in [3.63, 3.8) is 0 Å². The number of carbonyl (C=O) groups is 3. The SMILES string of the molecule is CC[C@H]1OC(=O)[C@H](C)[C@@H](O[C@H]2C[C@@](C)(OC)[C@@H](O)[C@H](C)O2)[C@H](C)[C@@H](O[C@@H]2O[C@H](C)C[C@H](N(C)Cc3cccc(-c4cn(CCCCCCC(=O)NO)nn4)c3)[C@H]2O)[C@@]2(C)C[C@@H](CO2)C(=O)[C@H](C)[C@@H](O)[C@]1(C)O. The van der Waals surface area contributed by atoms with Crippen molar-refractivity contribution < 1.29 is 73.2 Å². The Hall–Kier alpha value is -3.51. The fourth-order valence-corrected chi connectivity index (χ4v) is 11.4. The molecule has 72 heavy (non-hydrogen) atoms. The third-order valence-corrected chi connectivity index (χ3v) is 16.0. The quantitative estimate of drug-likeness (QED) is 0.0564. The molecule has 5 heterocycles. The molecule has 20 heteroatoms. The van der Waals surface area contributed by atoms with Crippen molar-refractivity contribution in [3.8, 4) is 11.3 Å². The molecule has 406 valence electrons. The van der Waals surface area contributed by atoms with Crippen LogP contribution < -0.4 is 5.48 Å². The van der Waals surface area contributed by atoms with Gasteiger partial charge in [-0.15, -0.1) is 5.10 Å². The summed E-state index contributed by atoms with van der Waals surface area (Å²) in [5.41, 5.74) is -0.0499. The summed E-state index contributed by atoms with van der Waals surface area (Å²) in [6.07, 6.45) is -3.89. The van der Waals surface area contributed by atoms with Crippen molar-refractivity contribution in [1.29, 1.82) is 0 Å². The highest BCUT2D eigenvalue weighted by molar-refractivity contribution is 5.84. The summed E-state index contributed by atoms with van der Waals surface area (Å²) in [7, 11) is 3.44. The van der Waals surface area contributed by atoms with E-state index in [2.05, 4.69) is 21.3 Å². The Balaban J connectivity index is 1.26. The molecule has 1 amide bonds. The zero-order chi connectivity index (χ0) is 52.9. The Morgan fingerprint density at radius 1 is 0.972 bits per heavy atom. The normalized spacial score (nSPS) is 39.2. The van der Waals surface area contributed by atoms with Crippen LogP contribution in [0, 0.1) is 23.7 Å². The Kier molecular flexibility index (Phi) is 19.6. The molecule has 4 fully saturated rings. The second kappa shape index (κ2) is 24.4. The molecule has 0 spiro atoms. The third kappa shape index (κ3) is 13.1. The van der Waals surface area contributed by atoms with Crippen molar-refractivity contribution in [2.45, 2.75) is 217 Å². The number of carbonyl (C=O) groups excluding carboxylic acids is 3. The minimum atomic E-state index is -2.00. The van der Waals surface area contributed by atoms with Crippen molar-refractivity contribution in [2.75, 3.05) is 20.8 Å². The summed E-state index contributed by atoms with van der Waals surface area (Å²) in [6, 6.07) is 7.56. The maximum Gasteiger partial charge on any atom is 0.311 e. The molecule has 6 rings (SSSR count). The van der Waals surface area contributed by atoms with Gasteiger partial charge in [-0.25, -0.2) is 5.48 Å². The molecular formula is C52H83N5O15. The number of amides is 1. The second-order valence-electron chi connectivity index (χ2n) is 21.8. The number of methoxy groups -OCH3 is 1. The number of rotatable bonds is 17. The van der Waals surface area contributed by atoms with Crippen LogP contribution >= 0.6 is 0 Å². The predicted octanol–water partition coefficient (Wildman–Crippen LogP) is 4.09. The molecule has 4 aliphatic heterocycles. The average molecular weight is 1020 g/mol. The minimum absolute atomic E-state index is 0.0115. The molecule has 18 atom stereocenters. The first-order valence-corrected chi connectivity index (χ1v) is 25.9. The van der Waals surface area contributed by atoms with E-state index in [1.807, 2.05) is 52.2 Å². The Labute approximate surface area is 424 Å². The number of Topliss-reactive ketones (excluding diaryl/α,β-unsaturated/α-hetero) is 1. The number of hydroxylamine groups is 1. The number of nitrogens with zero attached hydrogens (tertiary/aromatic N) is 4. The zero-order valence-corrected chi connectivity index (χ0v) is 44.1. The van der Waals surface area contributed by atoms with Gasteiger partial charge in [0.2, 0.25) is 5.91 Å². The summed E-state index contributed by atoms with van der Waals surface area (Å²) in [5, 5.41) is 64.3. The van der Waals surface area contributed by atoms with Gasteiger partial charge in [0.15, 0.2) is 12.6 Å². The summed E-state index contributed by atoms with van der Waals surface area (Å²) >= 11 is 0. The zero-order valence-electron chi connectivity index (χ0n) is 44.1. The molecule has 0 unspecified atom stereocenters. The number of aryl methyl sites for hydroxylation is 1. The molecular weight excluding hydrogens is 935 g/mol. The number of unbranched alkanes of at least 4 members (excludes halogenated alkanes) is 3. The molecule has 2 bridgehead atoms. The van der Waals surface area contributed by atoms with Gasteiger partial charge in [-0.05, 0) is 92.3 Å². The van der Waals surface area contributed by atoms with Crippen LogP contribution in [0.5, 0.6) is 0 Å². The molecule has 2 aromatic rings. The Morgan fingerprint density at radius 2 is 1.69 bits per heavy atom. The highest BCUT2D eigenvalue weighted by Crippen LogP contribution is 2.45. The molecule has 4 aliphatic rings. The lowest BCUT2D eigenvalue weighted by atomic mass is 9.75. The molecule has 1 aromatic carbocycles. The molecule has 6 N–H and O–H groups in total. The molecule has 0 aliphatic carbocycles. The van der Waals surface area contributed by atoms with Gasteiger partial charge >= 0.3 is 5.97 Å². The lowest BCUT2D eigenvalue weighted by Gasteiger charge is -2.49. The van der Waals surface area contributed by atoms with E-state index < -0.39 is 108 Å². The summed E-state index contributed by atoms with van der Waals surface area (Å²) in [5.74, 6) is -5.00. The van der Waals surface area contributed by atoms with Crippen molar-refractivity contribution in [2.24, 2.45) is 23.7 Å².